The van der Waals surface area contributed by atoms with Crippen LogP contribution in [0, 0.1) is 12.3 Å². The van der Waals surface area contributed by atoms with Crippen LogP contribution in [0.15, 0.2) is 42.8 Å². The van der Waals surface area contributed by atoms with E-state index >= 15 is 0 Å². The minimum absolute atomic E-state index is 0.345. The maximum atomic E-state index is 4.42. The third-order valence-electron chi connectivity index (χ3n) is 7.32. The number of anilines is 1. The summed E-state index contributed by atoms with van der Waals surface area (Å²) < 4.78 is 0. The summed E-state index contributed by atoms with van der Waals surface area (Å²) in [7, 11) is 2.11. The molecule has 1 fully saturated rings. The Labute approximate surface area is 198 Å². The van der Waals surface area contributed by atoms with E-state index in [9.17, 15) is 0 Å². The molecule has 1 aromatic carbocycles. The zero-order chi connectivity index (χ0) is 23.9. The zero-order valence-corrected chi connectivity index (χ0v) is 21.9. The van der Waals surface area contributed by atoms with Crippen molar-refractivity contribution < 1.29 is 0 Å². The second-order valence-electron chi connectivity index (χ2n) is 10.4. The van der Waals surface area contributed by atoms with Crippen LogP contribution in [-0.2, 0) is 0 Å². The molecule has 1 aliphatic heterocycles. The van der Waals surface area contributed by atoms with Gasteiger partial charge in [0.25, 0.3) is 0 Å². The van der Waals surface area contributed by atoms with Crippen LogP contribution in [-0.4, -0.2) is 56.2 Å². The number of nitrogens with zero attached hydrogens (tertiary/aromatic N) is 3. The number of likely N-dealkylation sites (N-methyl/N-ethyl adjacent to an activating group) is 1. The summed E-state index contributed by atoms with van der Waals surface area (Å²) in [4.78, 5) is 7.16. The van der Waals surface area contributed by atoms with E-state index in [1.807, 2.05) is 0 Å². The minimum Gasteiger partial charge on any atom is -0.362 e. The van der Waals surface area contributed by atoms with E-state index in [1.54, 1.807) is 0 Å². The molecule has 0 amide bonds. The second kappa shape index (κ2) is 11.9. The summed E-state index contributed by atoms with van der Waals surface area (Å²) in [5, 5.41) is 3.64. The third kappa shape index (κ3) is 7.38. The van der Waals surface area contributed by atoms with E-state index in [2.05, 4.69) is 100.0 Å². The molecule has 4 heteroatoms. The van der Waals surface area contributed by atoms with E-state index in [0.29, 0.717) is 11.3 Å². The van der Waals surface area contributed by atoms with Crippen LogP contribution in [0.4, 0.5) is 5.69 Å². The highest BCUT2D eigenvalue weighted by atomic mass is 15.3. The lowest BCUT2D eigenvalue weighted by Crippen LogP contribution is -2.42. The van der Waals surface area contributed by atoms with Crippen molar-refractivity contribution in [1.29, 1.82) is 0 Å². The van der Waals surface area contributed by atoms with E-state index < -0.39 is 0 Å². The average Bonchev–Trinajstić information content (AvgIpc) is 2.77. The van der Waals surface area contributed by atoms with Crippen molar-refractivity contribution >= 4 is 5.69 Å². The van der Waals surface area contributed by atoms with Gasteiger partial charge in [-0.05, 0) is 81.6 Å². The second-order valence-corrected chi connectivity index (χ2v) is 10.4. The van der Waals surface area contributed by atoms with Crippen molar-refractivity contribution in [3.05, 3.63) is 53.9 Å². The highest BCUT2D eigenvalue weighted by Crippen LogP contribution is 2.32. The molecule has 180 valence electrons. The molecule has 4 nitrogen and oxygen atoms in total. The molecule has 1 aromatic rings. The minimum atomic E-state index is 0.345. The molecule has 1 N–H and O–H groups in total. The Hall–Kier alpha value is -1.78. The SMILES string of the molecule is C=C(CN1CCC(c2ccc(C)c(N(C)C(=C)C)c2)CC1)N(CC)CNCC(C)(C)CC. The maximum absolute atomic E-state index is 4.42. The first-order chi connectivity index (χ1) is 15.1. The highest BCUT2D eigenvalue weighted by Gasteiger charge is 2.23. The van der Waals surface area contributed by atoms with Gasteiger partial charge in [0.2, 0.25) is 0 Å². The molecule has 0 aliphatic carbocycles. The summed E-state index contributed by atoms with van der Waals surface area (Å²) in [5.41, 5.74) is 6.71. The van der Waals surface area contributed by atoms with Gasteiger partial charge in [0.1, 0.15) is 0 Å². The molecule has 0 aromatic heterocycles. The van der Waals surface area contributed by atoms with Crippen molar-refractivity contribution in [3.8, 4) is 0 Å². The van der Waals surface area contributed by atoms with Crippen molar-refractivity contribution in [2.45, 2.75) is 66.7 Å². The molecule has 0 bridgehead atoms. The van der Waals surface area contributed by atoms with Crippen molar-refractivity contribution in [2.24, 2.45) is 5.41 Å². The number of aryl methyl sites for hydroxylation is 1. The Balaban J connectivity index is 1.88. The number of benzene rings is 1. The van der Waals surface area contributed by atoms with Crippen molar-refractivity contribution in [2.75, 3.05) is 51.3 Å². The van der Waals surface area contributed by atoms with Gasteiger partial charge in [-0.1, -0.05) is 46.1 Å². The molecular formula is C28H48N4. The predicted molar refractivity (Wildman–Crippen MR) is 141 cm³/mol. The van der Waals surface area contributed by atoms with Crippen LogP contribution in [0.1, 0.15) is 70.9 Å². The fourth-order valence-electron chi connectivity index (χ4n) is 4.33. The Morgan fingerprint density at radius 2 is 1.84 bits per heavy atom. The summed E-state index contributed by atoms with van der Waals surface area (Å²) in [5.74, 6) is 0.637. The third-order valence-corrected chi connectivity index (χ3v) is 7.32. The first kappa shape index (κ1) is 26.5. The number of likely N-dealkylation sites (tertiary alicyclic amines) is 1. The molecular weight excluding hydrogens is 392 g/mol. The average molecular weight is 441 g/mol. The predicted octanol–water partition coefficient (Wildman–Crippen LogP) is 5.96. The van der Waals surface area contributed by atoms with Gasteiger partial charge < -0.3 is 9.80 Å². The molecule has 0 spiro atoms. The number of nitrogens with one attached hydrogen (secondary N) is 1. The number of allylic oxidation sites excluding steroid dienone is 1. The van der Waals surface area contributed by atoms with Crippen LogP contribution in [0.25, 0.3) is 0 Å². The van der Waals surface area contributed by atoms with Crippen LogP contribution in [0.2, 0.25) is 0 Å². The number of piperidine rings is 1. The van der Waals surface area contributed by atoms with Crippen molar-refractivity contribution in [3.63, 3.8) is 0 Å². The molecule has 1 aliphatic rings. The Bertz CT molecular complexity index is 759. The topological polar surface area (TPSA) is 21.8 Å². The Kier molecular flexibility index (Phi) is 9.84. The summed E-state index contributed by atoms with van der Waals surface area (Å²) in [6, 6.07) is 6.97. The molecule has 0 atom stereocenters. The Morgan fingerprint density at radius 1 is 1.19 bits per heavy atom. The lowest BCUT2D eigenvalue weighted by Gasteiger charge is -2.36. The maximum Gasteiger partial charge on any atom is 0.0679 e. The first-order valence-corrected chi connectivity index (χ1v) is 12.4. The normalized spacial score (nSPS) is 15.6. The standard InChI is InChI=1S/C28H48N4/c1-10-28(7,8)20-29-21-32(11-2)24(6)19-31-16-14-25(15-17-31)26-13-12-23(5)27(18-26)30(9)22(3)4/h12-13,18,25,29H,3,6,10-11,14-17,19-21H2,1-2,4-5,7-9H3. The number of rotatable bonds is 12. The van der Waals surface area contributed by atoms with Crippen LogP contribution in [0.5, 0.6) is 0 Å². The van der Waals surface area contributed by atoms with Gasteiger partial charge in [-0.3, -0.25) is 10.2 Å². The monoisotopic (exact) mass is 440 g/mol. The van der Waals surface area contributed by atoms with Crippen LogP contribution >= 0.6 is 0 Å². The van der Waals surface area contributed by atoms with Gasteiger partial charge in [0, 0.05) is 43.8 Å². The molecule has 1 heterocycles. The summed E-state index contributed by atoms with van der Waals surface area (Å²) >= 11 is 0. The molecule has 0 saturated carbocycles. The van der Waals surface area contributed by atoms with Gasteiger partial charge in [-0.2, -0.15) is 0 Å². The molecule has 0 unspecified atom stereocenters. The van der Waals surface area contributed by atoms with E-state index in [4.69, 9.17) is 0 Å². The molecule has 0 radical (unpaired) electrons. The van der Waals surface area contributed by atoms with Gasteiger partial charge in [-0.15, -0.1) is 0 Å². The Morgan fingerprint density at radius 3 is 2.41 bits per heavy atom. The fourth-order valence-corrected chi connectivity index (χ4v) is 4.33. The molecule has 2 rings (SSSR count). The smallest absolute Gasteiger partial charge is 0.0679 e. The molecule has 1 saturated heterocycles. The summed E-state index contributed by atoms with van der Waals surface area (Å²) in [6.07, 6.45) is 3.61. The zero-order valence-electron chi connectivity index (χ0n) is 21.9. The van der Waals surface area contributed by atoms with Gasteiger partial charge in [0.05, 0.1) is 6.67 Å². The van der Waals surface area contributed by atoms with Gasteiger partial charge in [-0.25, -0.2) is 0 Å². The van der Waals surface area contributed by atoms with Gasteiger partial charge in [0.15, 0.2) is 0 Å². The largest absolute Gasteiger partial charge is 0.362 e. The van der Waals surface area contributed by atoms with Crippen molar-refractivity contribution in [1.82, 2.24) is 15.1 Å². The fraction of sp³-hybridized carbons (Fsp3) is 0.643. The lowest BCUT2D eigenvalue weighted by atomic mass is 9.88. The molecule has 32 heavy (non-hydrogen) atoms. The van der Waals surface area contributed by atoms with E-state index in [0.717, 1.165) is 45.1 Å². The van der Waals surface area contributed by atoms with E-state index in [1.165, 1.54) is 41.8 Å². The number of hydrogen-bond donors (Lipinski definition) is 1. The highest BCUT2D eigenvalue weighted by molar-refractivity contribution is 5.58. The van der Waals surface area contributed by atoms with E-state index in [-0.39, 0.29) is 0 Å². The quantitative estimate of drug-likeness (QED) is 0.405. The van der Waals surface area contributed by atoms with Gasteiger partial charge >= 0.3 is 0 Å². The van der Waals surface area contributed by atoms with Crippen LogP contribution in [0.3, 0.4) is 0 Å². The lowest BCUT2D eigenvalue weighted by molar-refractivity contribution is 0.199. The van der Waals surface area contributed by atoms with Crippen LogP contribution < -0.4 is 10.2 Å². The first-order valence-electron chi connectivity index (χ1n) is 12.4. The number of hydrogen-bond acceptors (Lipinski definition) is 4. The summed E-state index contributed by atoms with van der Waals surface area (Å²) in [6.45, 7) is 28.1.